The summed E-state index contributed by atoms with van der Waals surface area (Å²) in [4.78, 5) is 7.92. The number of anilines is 1. The van der Waals surface area contributed by atoms with Crippen LogP contribution < -0.4 is 4.90 Å². The molecule has 4 rings (SSSR count). The third-order valence-electron chi connectivity index (χ3n) is 8.14. The molecule has 0 amide bonds. The van der Waals surface area contributed by atoms with E-state index in [1.165, 1.54) is 76.1 Å². The molecule has 3 fully saturated rings. The Labute approximate surface area is 228 Å². The SMILES string of the molecule is CCCCN1CCN(c2ccc(CN3CCOCC3)cc2C2CC(C)(C)CC(C)(C)C2)CC1.Cl.Cl. The fourth-order valence-corrected chi connectivity index (χ4v) is 6.99. The van der Waals surface area contributed by atoms with Crippen LogP contribution >= 0.6 is 24.8 Å². The molecule has 1 aliphatic carbocycles. The van der Waals surface area contributed by atoms with Crippen molar-refractivity contribution in [3.05, 3.63) is 29.3 Å². The number of hydrogen-bond donors (Lipinski definition) is 0. The highest BCUT2D eigenvalue weighted by Crippen LogP contribution is 2.53. The van der Waals surface area contributed by atoms with Crippen LogP contribution in [0.3, 0.4) is 0 Å². The first-order chi connectivity index (χ1) is 15.7. The van der Waals surface area contributed by atoms with Crippen LogP contribution in [0, 0.1) is 10.8 Å². The summed E-state index contributed by atoms with van der Waals surface area (Å²) in [5.74, 6) is 0.654. The summed E-state index contributed by atoms with van der Waals surface area (Å²) < 4.78 is 5.58. The highest BCUT2D eigenvalue weighted by Gasteiger charge is 2.40. The van der Waals surface area contributed by atoms with Gasteiger partial charge in [0.25, 0.3) is 0 Å². The number of halogens is 2. The molecule has 1 aromatic carbocycles. The quantitative estimate of drug-likeness (QED) is 0.397. The molecule has 0 spiro atoms. The fourth-order valence-electron chi connectivity index (χ4n) is 6.99. The minimum absolute atomic E-state index is 0. The minimum atomic E-state index is 0. The highest BCUT2D eigenvalue weighted by atomic mass is 35.5. The Balaban J connectivity index is 0.00000216. The van der Waals surface area contributed by atoms with Crippen LogP contribution in [0.4, 0.5) is 5.69 Å². The zero-order valence-corrected chi connectivity index (χ0v) is 24.6. The van der Waals surface area contributed by atoms with Crippen LogP contribution in [0.1, 0.15) is 83.8 Å². The van der Waals surface area contributed by atoms with Gasteiger partial charge in [-0.05, 0) is 66.2 Å². The van der Waals surface area contributed by atoms with Gasteiger partial charge in [0.15, 0.2) is 0 Å². The van der Waals surface area contributed by atoms with Gasteiger partial charge in [-0.15, -0.1) is 24.8 Å². The van der Waals surface area contributed by atoms with Gasteiger partial charge in [-0.3, -0.25) is 9.80 Å². The predicted molar refractivity (Wildman–Crippen MR) is 155 cm³/mol. The third-order valence-corrected chi connectivity index (χ3v) is 8.14. The third kappa shape index (κ3) is 8.50. The first kappa shape index (κ1) is 30.7. The normalized spacial score (nSPS) is 23.4. The van der Waals surface area contributed by atoms with Crippen molar-refractivity contribution in [1.82, 2.24) is 9.80 Å². The van der Waals surface area contributed by atoms with Gasteiger partial charge in [-0.1, -0.05) is 53.2 Å². The fraction of sp³-hybridized carbons (Fsp3) is 0.793. The van der Waals surface area contributed by atoms with Gasteiger partial charge in [0.1, 0.15) is 0 Å². The van der Waals surface area contributed by atoms with Crippen molar-refractivity contribution in [2.45, 2.75) is 79.2 Å². The molecule has 0 atom stereocenters. The Morgan fingerprint density at radius 1 is 0.857 bits per heavy atom. The monoisotopic (exact) mass is 527 g/mol. The summed E-state index contributed by atoms with van der Waals surface area (Å²) in [6.07, 6.45) is 6.56. The van der Waals surface area contributed by atoms with Gasteiger partial charge < -0.3 is 9.64 Å². The Hall–Kier alpha value is -0.520. The van der Waals surface area contributed by atoms with E-state index < -0.39 is 0 Å². The summed E-state index contributed by atoms with van der Waals surface area (Å²) in [5, 5.41) is 0. The summed E-state index contributed by atoms with van der Waals surface area (Å²) in [5.41, 5.74) is 5.45. The summed E-state index contributed by atoms with van der Waals surface area (Å²) in [7, 11) is 0. The second-order valence-electron chi connectivity index (χ2n) is 12.6. The van der Waals surface area contributed by atoms with Gasteiger partial charge in [-0.25, -0.2) is 0 Å². The molecule has 202 valence electrons. The molecule has 4 nitrogen and oxygen atoms in total. The molecule has 0 unspecified atom stereocenters. The topological polar surface area (TPSA) is 19.0 Å². The standard InChI is InChI=1S/C29H49N3O.2ClH/c1-6-7-10-30-11-13-32(14-12-30)27-9-8-24(22-31-15-17-33-18-16-31)19-26(27)25-20-28(2,3)23-29(4,5)21-25;;/h8-9,19,25H,6-7,10-18,20-23H2,1-5H3;2*1H. The lowest BCUT2D eigenvalue weighted by Gasteiger charge is -2.46. The van der Waals surface area contributed by atoms with E-state index in [1.807, 2.05) is 0 Å². The zero-order valence-electron chi connectivity index (χ0n) is 23.0. The number of benzene rings is 1. The molecule has 1 aromatic rings. The zero-order chi connectivity index (χ0) is 23.5. The predicted octanol–water partition coefficient (Wildman–Crippen LogP) is 6.60. The molecule has 0 aromatic heterocycles. The number of piperazine rings is 1. The van der Waals surface area contributed by atoms with E-state index in [-0.39, 0.29) is 24.8 Å². The lowest BCUT2D eigenvalue weighted by molar-refractivity contribution is 0.0341. The summed E-state index contributed by atoms with van der Waals surface area (Å²) in [6.45, 7) is 23.2. The molecule has 3 aliphatic rings. The average molecular weight is 529 g/mol. The molecule has 2 aliphatic heterocycles. The minimum Gasteiger partial charge on any atom is -0.379 e. The molecule has 6 heteroatoms. The molecule has 0 bridgehead atoms. The Kier molecular flexibility index (Phi) is 11.7. The first-order valence-electron chi connectivity index (χ1n) is 13.6. The molecule has 1 saturated carbocycles. The van der Waals surface area contributed by atoms with E-state index in [9.17, 15) is 0 Å². The molecule has 0 radical (unpaired) electrons. The number of morpholine rings is 1. The van der Waals surface area contributed by atoms with E-state index in [0.717, 1.165) is 32.8 Å². The van der Waals surface area contributed by atoms with E-state index in [2.05, 4.69) is 67.5 Å². The van der Waals surface area contributed by atoms with E-state index >= 15 is 0 Å². The number of unbranched alkanes of at least 4 members (excludes halogenated alkanes) is 1. The smallest absolute Gasteiger partial charge is 0.0594 e. The van der Waals surface area contributed by atoms with Crippen molar-refractivity contribution < 1.29 is 4.74 Å². The lowest BCUT2D eigenvalue weighted by atomic mass is 9.60. The van der Waals surface area contributed by atoms with Crippen molar-refractivity contribution in [2.24, 2.45) is 10.8 Å². The maximum absolute atomic E-state index is 5.58. The largest absolute Gasteiger partial charge is 0.379 e. The van der Waals surface area contributed by atoms with Gasteiger partial charge in [0.05, 0.1) is 13.2 Å². The highest BCUT2D eigenvalue weighted by molar-refractivity contribution is 5.85. The first-order valence-corrected chi connectivity index (χ1v) is 13.6. The number of rotatable bonds is 7. The van der Waals surface area contributed by atoms with Crippen molar-refractivity contribution in [2.75, 3.05) is 63.9 Å². The van der Waals surface area contributed by atoms with Crippen LogP contribution in [0.2, 0.25) is 0 Å². The van der Waals surface area contributed by atoms with Gasteiger partial charge >= 0.3 is 0 Å². The van der Waals surface area contributed by atoms with Crippen LogP contribution in [-0.2, 0) is 11.3 Å². The van der Waals surface area contributed by atoms with Crippen LogP contribution in [0.5, 0.6) is 0 Å². The van der Waals surface area contributed by atoms with Crippen molar-refractivity contribution in [3.8, 4) is 0 Å². The lowest BCUT2D eigenvalue weighted by Crippen LogP contribution is -2.47. The van der Waals surface area contributed by atoms with Gasteiger partial charge in [0.2, 0.25) is 0 Å². The number of ether oxygens (including phenoxy) is 1. The molecule has 35 heavy (non-hydrogen) atoms. The van der Waals surface area contributed by atoms with E-state index in [0.29, 0.717) is 16.7 Å². The molecular weight excluding hydrogens is 477 g/mol. The second-order valence-corrected chi connectivity index (χ2v) is 12.6. The Bertz CT molecular complexity index is 755. The van der Waals surface area contributed by atoms with Crippen LogP contribution in [0.15, 0.2) is 18.2 Å². The van der Waals surface area contributed by atoms with Gasteiger partial charge in [0, 0.05) is 51.5 Å². The Morgan fingerprint density at radius 2 is 1.49 bits per heavy atom. The molecule has 2 heterocycles. The van der Waals surface area contributed by atoms with Gasteiger partial charge in [-0.2, -0.15) is 0 Å². The molecule has 2 saturated heterocycles. The van der Waals surface area contributed by atoms with E-state index in [4.69, 9.17) is 4.74 Å². The van der Waals surface area contributed by atoms with Crippen molar-refractivity contribution in [1.29, 1.82) is 0 Å². The number of hydrogen-bond acceptors (Lipinski definition) is 4. The van der Waals surface area contributed by atoms with Crippen molar-refractivity contribution in [3.63, 3.8) is 0 Å². The molecule has 0 N–H and O–H groups in total. The number of nitrogens with zero attached hydrogens (tertiary/aromatic N) is 3. The van der Waals surface area contributed by atoms with Crippen LogP contribution in [-0.4, -0.2) is 68.8 Å². The maximum atomic E-state index is 5.58. The molecular formula is C29H51Cl2N3O. The average Bonchev–Trinajstić information content (AvgIpc) is 2.77. The summed E-state index contributed by atoms with van der Waals surface area (Å²) in [6, 6.07) is 7.48. The Morgan fingerprint density at radius 3 is 2.09 bits per heavy atom. The summed E-state index contributed by atoms with van der Waals surface area (Å²) >= 11 is 0. The van der Waals surface area contributed by atoms with Crippen LogP contribution in [0.25, 0.3) is 0 Å². The van der Waals surface area contributed by atoms with E-state index in [1.54, 1.807) is 5.56 Å². The van der Waals surface area contributed by atoms with Crippen molar-refractivity contribution >= 4 is 30.5 Å². The maximum Gasteiger partial charge on any atom is 0.0594 e. The second kappa shape index (κ2) is 13.3.